The topological polar surface area (TPSA) is 57.2 Å². The number of methoxy groups -OCH3 is 3. The zero-order chi connectivity index (χ0) is 16.3. The molecule has 5 nitrogen and oxygen atoms in total. The minimum atomic E-state index is -0.462. The van der Waals surface area contributed by atoms with E-state index in [4.69, 9.17) is 18.9 Å². The summed E-state index contributed by atoms with van der Waals surface area (Å²) in [6.07, 6.45) is -1.41. The molecular weight excluding hydrogens is 284 g/mol. The summed E-state index contributed by atoms with van der Waals surface area (Å²) in [4.78, 5) is 0. The molecular formula is C17H24O5. The van der Waals surface area contributed by atoms with Crippen LogP contribution in [0.25, 0.3) is 0 Å². The standard InChI is InChI=1S/C17H24O5/c1-10-6-7-13(18)12(8-10)15-11(2)16(20-4)17(21-5)14(22-15)9-19-3/h6-8,14-18H,2,9H2,1,3-5H3/t14-,15-,16-,17+/m1/s1. The van der Waals surface area contributed by atoms with Gasteiger partial charge in [-0.05, 0) is 24.6 Å². The first-order valence-electron chi connectivity index (χ1n) is 7.21. The minimum Gasteiger partial charge on any atom is -0.508 e. The predicted octanol–water partition coefficient (Wildman–Crippen LogP) is 2.37. The maximum absolute atomic E-state index is 10.2. The lowest BCUT2D eigenvalue weighted by atomic mass is 9.88. The van der Waals surface area contributed by atoms with Crippen molar-refractivity contribution in [2.45, 2.75) is 31.3 Å². The monoisotopic (exact) mass is 308 g/mol. The molecule has 0 aliphatic carbocycles. The van der Waals surface area contributed by atoms with Crippen LogP contribution in [0.15, 0.2) is 30.4 Å². The molecule has 4 atom stereocenters. The maximum atomic E-state index is 10.2. The van der Waals surface area contributed by atoms with E-state index in [-0.39, 0.29) is 24.1 Å². The third-order valence-electron chi connectivity index (χ3n) is 4.00. The number of aryl methyl sites for hydroxylation is 1. The van der Waals surface area contributed by atoms with Crippen LogP contribution in [-0.4, -0.2) is 51.4 Å². The molecule has 1 aromatic carbocycles. The molecule has 5 heteroatoms. The van der Waals surface area contributed by atoms with Gasteiger partial charge in [0.1, 0.15) is 30.2 Å². The molecule has 1 N–H and O–H groups in total. The number of benzene rings is 1. The van der Waals surface area contributed by atoms with Gasteiger partial charge in [0.25, 0.3) is 0 Å². The highest BCUT2D eigenvalue weighted by atomic mass is 16.6. The van der Waals surface area contributed by atoms with Crippen molar-refractivity contribution < 1.29 is 24.1 Å². The van der Waals surface area contributed by atoms with Crippen molar-refractivity contribution in [3.05, 3.63) is 41.5 Å². The lowest BCUT2D eigenvalue weighted by molar-refractivity contribution is -0.172. The van der Waals surface area contributed by atoms with Crippen LogP contribution in [0.3, 0.4) is 0 Å². The molecule has 0 bridgehead atoms. The van der Waals surface area contributed by atoms with Gasteiger partial charge in [0, 0.05) is 26.9 Å². The number of phenols is 1. The molecule has 1 heterocycles. The summed E-state index contributed by atoms with van der Waals surface area (Å²) in [6.45, 7) is 6.44. The molecule has 0 saturated carbocycles. The highest BCUT2D eigenvalue weighted by Gasteiger charge is 2.43. The highest BCUT2D eigenvalue weighted by molar-refractivity contribution is 5.42. The molecule has 0 spiro atoms. The molecule has 0 aromatic heterocycles. The third kappa shape index (κ3) is 3.17. The van der Waals surface area contributed by atoms with Crippen molar-refractivity contribution in [2.75, 3.05) is 27.9 Å². The average Bonchev–Trinajstić information content (AvgIpc) is 2.51. The lowest BCUT2D eigenvalue weighted by Gasteiger charge is -2.42. The largest absolute Gasteiger partial charge is 0.508 e. The highest BCUT2D eigenvalue weighted by Crippen LogP contribution is 2.41. The second kappa shape index (κ2) is 7.24. The van der Waals surface area contributed by atoms with Gasteiger partial charge in [-0.25, -0.2) is 0 Å². The van der Waals surface area contributed by atoms with E-state index < -0.39 is 6.10 Å². The summed E-state index contributed by atoms with van der Waals surface area (Å²) in [6, 6.07) is 5.41. The van der Waals surface area contributed by atoms with Gasteiger partial charge in [-0.1, -0.05) is 18.2 Å². The molecule has 1 saturated heterocycles. The van der Waals surface area contributed by atoms with Gasteiger partial charge in [-0.2, -0.15) is 0 Å². The Hall–Kier alpha value is -1.40. The van der Waals surface area contributed by atoms with Crippen LogP contribution in [0.5, 0.6) is 5.75 Å². The van der Waals surface area contributed by atoms with Crippen LogP contribution in [0.2, 0.25) is 0 Å². The van der Waals surface area contributed by atoms with Gasteiger partial charge in [-0.3, -0.25) is 0 Å². The van der Waals surface area contributed by atoms with Crippen LogP contribution in [0, 0.1) is 6.92 Å². The van der Waals surface area contributed by atoms with E-state index in [0.717, 1.165) is 11.1 Å². The van der Waals surface area contributed by atoms with E-state index >= 15 is 0 Å². The average molecular weight is 308 g/mol. The Morgan fingerprint density at radius 3 is 2.55 bits per heavy atom. The first-order valence-corrected chi connectivity index (χ1v) is 7.21. The van der Waals surface area contributed by atoms with Gasteiger partial charge in [0.05, 0.1) is 6.61 Å². The fourth-order valence-electron chi connectivity index (χ4n) is 2.91. The van der Waals surface area contributed by atoms with Crippen LogP contribution in [0.1, 0.15) is 17.2 Å². The Balaban J connectivity index is 2.38. The second-order valence-electron chi connectivity index (χ2n) is 5.50. The van der Waals surface area contributed by atoms with Crippen LogP contribution in [0.4, 0.5) is 0 Å². The van der Waals surface area contributed by atoms with Gasteiger partial charge in [0.15, 0.2) is 0 Å². The molecule has 22 heavy (non-hydrogen) atoms. The molecule has 1 aromatic rings. The van der Waals surface area contributed by atoms with Crippen LogP contribution >= 0.6 is 0 Å². The predicted molar refractivity (Wildman–Crippen MR) is 83.1 cm³/mol. The van der Waals surface area contributed by atoms with Gasteiger partial charge in [0.2, 0.25) is 0 Å². The molecule has 122 valence electrons. The number of hydrogen-bond acceptors (Lipinski definition) is 5. The maximum Gasteiger partial charge on any atom is 0.121 e. The number of phenolic OH excluding ortho intramolecular Hbond substituents is 1. The van der Waals surface area contributed by atoms with Gasteiger partial charge in [-0.15, -0.1) is 0 Å². The Morgan fingerprint density at radius 1 is 1.23 bits per heavy atom. The first-order chi connectivity index (χ1) is 10.5. The zero-order valence-electron chi connectivity index (χ0n) is 13.5. The van der Waals surface area contributed by atoms with Crippen molar-refractivity contribution in [2.24, 2.45) is 0 Å². The molecule has 1 fully saturated rings. The number of hydrogen-bond donors (Lipinski definition) is 1. The Bertz CT molecular complexity index is 528. The molecule has 1 aliphatic heterocycles. The van der Waals surface area contributed by atoms with E-state index in [9.17, 15) is 5.11 Å². The van der Waals surface area contributed by atoms with E-state index in [0.29, 0.717) is 12.2 Å². The van der Waals surface area contributed by atoms with Crippen molar-refractivity contribution in [1.82, 2.24) is 0 Å². The van der Waals surface area contributed by atoms with Crippen molar-refractivity contribution in [1.29, 1.82) is 0 Å². The Kier molecular flexibility index (Phi) is 5.58. The molecule has 2 rings (SSSR count). The normalized spacial score (nSPS) is 28.8. The van der Waals surface area contributed by atoms with E-state index in [1.807, 2.05) is 19.1 Å². The van der Waals surface area contributed by atoms with Gasteiger partial charge >= 0.3 is 0 Å². The zero-order valence-corrected chi connectivity index (χ0v) is 13.5. The molecule has 0 amide bonds. The lowest BCUT2D eigenvalue weighted by Crippen LogP contribution is -2.50. The molecule has 0 radical (unpaired) electrons. The van der Waals surface area contributed by atoms with Crippen LogP contribution < -0.4 is 0 Å². The van der Waals surface area contributed by atoms with E-state index in [1.165, 1.54) is 0 Å². The summed E-state index contributed by atoms with van der Waals surface area (Å²) in [5.41, 5.74) is 2.45. The quantitative estimate of drug-likeness (QED) is 0.846. The molecule has 0 unspecified atom stereocenters. The third-order valence-corrected chi connectivity index (χ3v) is 4.00. The number of ether oxygens (including phenoxy) is 4. The number of aromatic hydroxyl groups is 1. The first kappa shape index (κ1) is 17.0. The van der Waals surface area contributed by atoms with Crippen LogP contribution in [-0.2, 0) is 18.9 Å². The Morgan fingerprint density at radius 2 is 1.95 bits per heavy atom. The fourth-order valence-corrected chi connectivity index (χ4v) is 2.91. The van der Waals surface area contributed by atoms with E-state index in [2.05, 4.69) is 6.58 Å². The summed E-state index contributed by atoms with van der Waals surface area (Å²) in [5, 5.41) is 10.2. The molecule has 1 aliphatic rings. The summed E-state index contributed by atoms with van der Waals surface area (Å²) >= 11 is 0. The smallest absolute Gasteiger partial charge is 0.121 e. The Labute approximate surface area is 131 Å². The summed E-state index contributed by atoms with van der Waals surface area (Å²) < 4.78 is 22.4. The fraction of sp³-hybridized carbons (Fsp3) is 0.529. The van der Waals surface area contributed by atoms with Crippen molar-refractivity contribution in [3.63, 3.8) is 0 Å². The van der Waals surface area contributed by atoms with Crippen molar-refractivity contribution in [3.8, 4) is 5.75 Å². The summed E-state index contributed by atoms with van der Waals surface area (Å²) in [7, 11) is 4.84. The summed E-state index contributed by atoms with van der Waals surface area (Å²) in [5.74, 6) is 0.179. The number of rotatable bonds is 5. The second-order valence-corrected chi connectivity index (χ2v) is 5.50. The van der Waals surface area contributed by atoms with E-state index in [1.54, 1.807) is 27.4 Å². The SMILES string of the molecule is C=C1[C@H](c2cc(C)ccc2O)O[C@H](COC)[C@H](OC)[C@@H]1OC. The van der Waals surface area contributed by atoms with Gasteiger partial charge < -0.3 is 24.1 Å². The minimum absolute atomic E-state index is 0.179. The van der Waals surface area contributed by atoms with Crippen molar-refractivity contribution >= 4 is 0 Å².